The van der Waals surface area contributed by atoms with E-state index in [9.17, 15) is 9.90 Å². The third-order valence-corrected chi connectivity index (χ3v) is 3.88. The second kappa shape index (κ2) is 8.56. The van der Waals surface area contributed by atoms with Crippen molar-refractivity contribution in [1.29, 1.82) is 0 Å². The van der Waals surface area contributed by atoms with Crippen molar-refractivity contribution in [2.45, 2.75) is 25.6 Å². The number of aliphatic hydroxyl groups is 1. The average molecular weight is 329 g/mol. The van der Waals surface area contributed by atoms with Crippen LogP contribution in [0.25, 0.3) is 11.1 Å². The first-order chi connectivity index (χ1) is 11.5. The van der Waals surface area contributed by atoms with Gasteiger partial charge >= 0.3 is 0 Å². The van der Waals surface area contributed by atoms with E-state index in [-0.39, 0.29) is 12.5 Å². The van der Waals surface area contributed by atoms with E-state index < -0.39 is 12.3 Å². The van der Waals surface area contributed by atoms with Crippen LogP contribution in [0.2, 0.25) is 0 Å². The van der Waals surface area contributed by atoms with Gasteiger partial charge in [-0.15, -0.1) is 0 Å². The summed E-state index contributed by atoms with van der Waals surface area (Å²) in [7, 11) is 0. The van der Waals surface area contributed by atoms with E-state index in [1.807, 2.05) is 12.1 Å². The van der Waals surface area contributed by atoms with Crippen molar-refractivity contribution in [3.8, 4) is 11.1 Å². The van der Waals surface area contributed by atoms with Gasteiger partial charge in [-0.1, -0.05) is 43.3 Å². The number of hydrogen-bond donors (Lipinski definition) is 5. The monoisotopic (exact) mass is 329 g/mol. The van der Waals surface area contributed by atoms with Gasteiger partial charge in [0, 0.05) is 12.1 Å². The molecule has 0 fully saturated rings. The zero-order chi connectivity index (χ0) is 17.5. The maximum atomic E-state index is 12.1. The van der Waals surface area contributed by atoms with Crippen molar-refractivity contribution in [2.75, 3.05) is 6.54 Å². The Labute approximate surface area is 141 Å². The van der Waals surface area contributed by atoms with E-state index in [1.54, 1.807) is 17.6 Å². The maximum absolute atomic E-state index is 12.1. The van der Waals surface area contributed by atoms with Crippen LogP contribution in [0, 0.1) is 0 Å². The second-order valence-electron chi connectivity index (χ2n) is 5.58. The molecule has 6 N–H and O–H groups in total. The van der Waals surface area contributed by atoms with Crippen LogP contribution in [-0.2, 0) is 6.42 Å². The van der Waals surface area contributed by atoms with E-state index in [2.05, 4.69) is 36.5 Å². The van der Waals surface area contributed by atoms with Gasteiger partial charge in [-0.3, -0.25) is 4.79 Å². The molecule has 0 aliphatic heterocycles. The molecule has 0 saturated heterocycles. The molecule has 2 aromatic rings. The van der Waals surface area contributed by atoms with Gasteiger partial charge in [0.2, 0.25) is 0 Å². The number of aryl methyl sites for hydroxylation is 1. The molecule has 0 saturated carbocycles. The number of carbonyl (C=O) groups is 1. The number of aliphatic hydroxyl groups excluding tert-OH is 1. The molecule has 0 spiro atoms. The topological polar surface area (TPSA) is 108 Å². The molecule has 6 heteroatoms. The van der Waals surface area contributed by atoms with Crippen molar-refractivity contribution in [3.63, 3.8) is 0 Å². The van der Waals surface area contributed by atoms with Crippen LogP contribution in [0.5, 0.6) is 0 Å². The number of benzene rings is 2. The van der Waals surface area contributed by atoms with Crippen LogP contribution in [0.15, 0.2) is 48.5 Å². The van der Waals surface area contributed by atoms with Crippen LogP contribution in [-0.4, -0.2) is 35.0 Å². The van der Waals surface area contributed by atoms with Gasteiger partial charge in [-0.2, -0.15) is 5.48 Å². The second-order valence-corrected chi connectivity index (χ2v) is 5.58. The van der Waals surface area contributed by atoms with Gasteiger partial charge in [-0.25, -0.2) is 0 Å². The molecule has 0 aliphatic rings. The smallest absolute Gasteiger partial charge is 0.251 e. The first-order valence-electron chi connectivity index (χ1n) is 7.86. The summed E-state index contributed by atoms with van der Waals surface area (Å²) in [5, 5.41) is 20.5. The van der Waals surface area contributed by atoms with Crippen LogP contribution in [0.4, 0.5) is 0 Å². The van der Waals surface area contributed by atoms with E-state index in [1.165, 1.54) is 5.56 Å². The zero-order valence-corrected chi connectivity index (χ0v) is 13.6. The van der Waals surface area contributed by atoms with Crippen LogP contribution < -0.4 is 16.5 Å². The molecular weight excluding hydrogens is 306 g/mol. The Morgan fingerprint density at radius 1 is 1.08 bits per heavy atom. The lowest BCUT2D eigenvalue weighted by molar-refractivity contribution is -0.0124. The zero-order valence-electron chi connectivity index (χ0n) is 13.6. The van der Waals surface area contributed by atoms with Gasteiger partial charge in [0.05, 0.1) is 6.04 Å². The predicted molar refractivity (Wildman–Crippen MR) is 92.5 cm³/mol. The molecule has 0 aliphatic carbocycles. The molecule has 1 unspecified atom stereocenters. The quantitative estimate of drug-likeness (QED) is 0.388. The Morgan fingerprint density at radius 2 is 1.62 bits per heavy atom. The Bertz CT molecular complexity index is 656. The highest BCUT2D eigenvalue weighted by molar-refractivity contribution is 5.94. The highest BCUT2D eigenvalue weighted by Crippen LogP contribution is 2.20. The molecule has 6 nitrogen and oxygen atoms in total. The number of nitrogens with two attached hydrogens (primary N) is 1. The highest BCUT2D eigenvalue weighted by Gasteiger charge is 2.15. The maximum Gasteiger partial charge on any atom is 0.251 e. The standard InChI is InChI=1S/C18H23N3O3/c1-2-12-3-5-13(6-4-12)14-7-9-15(10-8-14)17(22)20-11-16(19)18(23)21-24/h3-10,16,18,21,23-24H,2,11,19H2,1H3,(H,20,22)/t16-,18?/m1/s1. The minimum atomic E-state index is -1.29. The molecular formula is C18H23N3O3. The third-order valence-electron chi connectivity index (χ3n) is 3.88. The van der Waals surface area contributed by atoms with Crippen molar-refractivity contribution in [3.05, 3.63) is 59.7 Å². The largest absolute Gasteiger partial charge is 0.375 e. The summed E-state index contributed by atoms with van der Waals surface area (Å²) in [5.74, 6) is -0.288. The van der Waals surface area contributed by atoms with Crippen molar-refractivity contribution < 1.29 is 15.1 Å². The minimum absolute atomic E-state index is 0.0355. The first kappa shape index (κ1) is 18.1. The van der Waals surface area contributed by atoms with E-state index >= 15 is 0 Å². The summed E-state index contributed by atoms with van der Waals surface area (Å²) < 4.78 is 0. The van der Waals surface area contributed by atoms with Crippen LogP contribution >= 0.6 is 0 Å². The van der Waals surface area contributed by atoms with E-state index in [0.29, 0.717) is 5.56 Å². The summed E-state index contributed by atoms with van der Waals surface area (Å²) in [6.07, 6.45) is -0.291. The number of hydroxylamine groups is 1. The lowest BCUT2D eigenvalue weighted by Crippen LogP contribution is -2.50. The Morgan fingerprint density at radius 3 is 2.12 bits per heavy atom. The Kier molecular flexibility index (Phi) is 6.45. The van der Waals surface area contributed by atoms with Crippen molar-refractivity contribution in [2.24, 2.45) is 5.73 Å². The average Bonchev–Trinajstić information content (AvgIpc) is 2.65. The predicted octanol–water partition coefficient (Wildman–Crippen LogP) is 1.27. The molecule has 0 radical (unpaired) electrons. The number of rotatable bonds is 7. The SMILES string of the molecule is CCc1ccc(-c2ccc(C(=O)NC[C@@H](N)C(O)NO)cc2)cc1. The van der Waals surface area contributed by atoms with Gasteiger partial charge in [0.1, 0.15) is 6.23 Å². The minimum Gasteiger partial charge on any atom is -0.375 e. The Balaban J connectivity index is 1.99. The molecule has 0 aromatic heterocycles. The lowest BCUT2D eigenvalue weighted by Gasteiger charge is -2.17. The molecule has 0 heterocycles. The summed E-state index contributed by atoms with van der Waals surface area (Å²) >= 11 is 0. The Hall–Kier alpha value is -2.25. The molecule has 128 valence electrons. The lowest BCUT2D eigenvalue weighted by atomic mass is 10.0. The summed E-state index contributed by atoms with van der Waals surface area (Å²) in [4.78, 5) is 12.1. The summed E-state index contributed by atoms with van der Waals surface area (Å²) in [5.41, 5.74) is 11.1. The number of amides is 1. The third kappa shape index (κ3) is 4.62. The number of hydrogen-bond acceptors (Lipinski definition) is 5. The first-order valence-corrected chi connectivity index (χ1v) is 7.86. The van der Waals surface area contributed by atoms with Crippen molar-refractivity contribution in [1.82, 2.24) is 10.8 Å². The fourth-order valence-electron chi connectivity index (χ4n) is 2.27. The molecule has 1 amide bonds. The van der Waals surface area contributed by atoms with E-state index in [4.69, 9.17) is 10.9 Å². The molecule has 2 atom stereocenters. The van der Waals surface area contributed by atoms with Crippen LogP contribution in [0.1, 0.15) is 22.8 Å². The summed E-state index contributed by atoms with van der Waals surface area (Å²) in [6.45, 7) is 2.15. The number of nitrogens with one attached hydrogen (secondary N) is 2. The molecule has 0 bridgehead atoms. The van der Waals surface area contributed by atoms with Gasteiger partial charge in [-0.05, 0) is 35.2 Å². The summed E-state index contributed by atoms with van der Waals surface area (Å²) in [6, 6.07) is 14.8. The highest BCUT2D eigenvalue weighted by atomic mass is 16.5. The van der Waals surface area contributed by atoms with Gasteiger partial charge in [0.25, 0.3) is 5.91 Å². The number of carbonyl (C=O) groups excluding carboxylic acids is 1. The molecule has 2 rings (SSSR count). The fourth-order valence-corrected chi connectivity index (χ4v) is 2.27. The van der Waals surface area contributed by atoms with Gasteiger partial charge < -0.3 is 21.4 Å². The van der Waals surface area contributed by atoms with Gasteiger partial charge in [0.15, 0.2) is 0 Å². The normalized spacial score (nSPS) is 13.3. The fraction of sp³-hybridized carbons (Fsp3) is 0.278. The molecule has 24 heavy (non-hydrogen) atoms. The van der Waals surface area contributed by atoms with E-state index in [0.717, 1.165) is 17.5 Å². The van der Waals surface area contributed by atoms with Crippen LogP contribution in [0.3, 0.4) is 0 Å². The van der Waals surface area contributed by atoms with Crippen molar-refractivity contribution >= 4 is 5.91 Å². The molecule has 2 aromatic carbocycles.